The molecule has 0 unspecified atom stereocenters. The third-order valence-corrected chi connectivity index (χ3v) is 3.82. The molecule has 0 bridgehead atoms. The smallest absolute Gasteiger partial charge is 0.336 e. The Kier molecular flexibility index (Phi) is 4.43. The number of aliphatic hydroxyl groups excluding tert-OH is 4. The second-order valence-corrected chi connectivity index (χ2v) is 5.40. The van der Waals surface area contributed by atoms with E-state index in [2.05, 4.69) is 0 Å². The maximum Gasteiger partial charge on any atom is 0.336 e. The fourth-order valence-corrected chi connectivity index (χ4v) is 2.48. The summed E-state index contributed by atoms with van der Waals surface area (Å²) in [4.78, 5) is 11.3. The van der Waals surface area contributed by atoms with Gasteiger partial charge in [0.1, 0.15) is 24.4 Å². The SMILES string of the molecule is O=c1ccc2ccc(O[C@H]3O[C@@H](CO)[C@@H](O)[C@@H](O)[C@@H]3O)c(O)c2o1. The quantitative estimate of drug-likeness (QED) is 0.429. The van der Waals surface area contributed by atoms with E-state index in [-0.39, 0.29) is 11.3 Å². The van der Waals surface area contributed by atoms with Crippen LogP contribution in [0.15, 0.2) is 33.5 Å². The van der Waals surface area contributed by atoms with Gasteiger partial charge in [0.05, 0.1) is 6.61 Å². The molecular weight excluding hydrogens is 324 g/mol. The van der Waals surface area contributed by atoms with Crippen LogP contribution in [0.4, 0.5) is 0 Å². The molecule has 2 heterocycles. The molecule has 1 aromatic carbocycles. The summed E-state index contributed by atoms with van der Waals surface area (Å²) in [5.74, 6) is -0.650. The molecule has 9 heteroatoms. The van der Waals surface area contributed by atoms with Gasteiger partial charge in [-0.05, 0) is 18.2 Å². The van der Waals surface area contributed by atoms with Crippen LogP contribution in [-0.4, -0.2) is 62.8 Å². The number of aliphatic hydroxyl groups is 4. The van der Waals surface area contributed by atoms with Gasteiger partial charge in [-0.1, -0.05) is 0 Å². The van der Waals surface area contributed by atoms with Crippen LogP contribution in [-0.2, 0) is 4.74 Å². The second-order valence-electron chi connectivity index (χ2n) is 5.40. The normalized spacial score (nSPS) is 30.4. The van der Waals surface area contributed by atoms with Crippen LogP contribution in [0.3, 0.4) is 0 Å². The summed E-state index contributed by atoms with van der Waals surface area (Å²) in [6.45, 7) is -0.608. The highest BCUT2D eigenvalue weighted by Crippen LogP contribution is 2.35. The molecule has 1 aromatic heterocycles. The predicted molar refractivity (Wildman–Crippen MR) is 78.5 cm³/mol. The molecule has 0 radical (unpaired) electrons. The molecule has 0 aliphatic carbocycles. The molecule has 0 amide bonds. The number of phenols is 1. The summed E-state index contributed by atoms with van der Waals surface area (Å²) in [6.07, 6.45) is -7.36. The van der Waals surface area contributed by atoms with Crippen LogP contribution in [0.5, 0.6) is 11.5 Å². The monoisotopic (exact) mass is 340 g/mol. The third kappa shape index (κ3) is 2.83. The maximum absolute atomic E-state index is 11.3. The average molecular weight is 340 g/mol. The average Bonchev–Trinajstić information content (AvgIpc) is 2.58. The number of hydrogen-bond acceptors (Lipinski definition) is 9. The minimum atomic E-state index is -1.62. The Morgan fingerprint density at radius 3 is 2.46 bits per heavy atom. The number of rotatable bonds is 3. The summed E-state index contributed by atoms with van der Waals surface area (Å²) >= 11 is 0. The predicted octanol–water partition coefficient (Wildman–Crippen LogP) is -1.32. The lowest BCUT2D eigenvalue weighted by Gasteiger charge is -2.39. The Morgan fingerprint density at radius 1 is 1.04 bits per heavy atom. The molecule has 1 fully saturated rings. The van der Waals surface area contributed by atoms with E-state index >= 15 is 0 Å². The fraction of sp³-hybridized carbons (Fsp3) is 0.400. The summed E-state index contributed by atoms with van der Waals surface area (Å²) in [5, 5.41) is 49.2. The first-order valence-electron chi connectivity index (χ1n) is 7.15. The molecule has 24 heavy (non-hydrogen) atoms. The van der Waals surface area contributed by atoms with Crippen molar-refractivity contribution in [2.45, 2.75) is 30.7 Å². The van der Waals surface area contributed by atoms with Crippen LogP contribution in [0.1, 0.15) is 0 Å². The van der Waals surface area contributed by atoms with Crippen molar-refractivity contribution < 1.29 is 39.4 Å². The topological polar surface area (TPSA) is 150 Å². The highest BCUT2D eigenvalue weighted by molar-refractivity contribution is 5.84. The van der Waals surface area contributed by atoms with Crippen LogP contribution in [0, 0.1) is 0 Å². The van der Waals surface area contributed by atoms with Crippen molar-refractivity contribution in [3.05, 3.63) is 34.7 Å². The van der Waals surface area contributed by atoms with Crippen molar-refractivity contribution in [3.63, 3.8) is 0 Å². The van der Waals surface area contributed by atoms with Crippen molar-refractivity contribution in [1.29, 1.82) is 0 Å². The number of fused-ring (bicyclic) bond motifs is 1. The van der Waals surface area contributed by atoms with Crippen molar-refractivity contribution in [1.82, 2.24) is 0 Å². The number of aromatic hydroxyl groups is 1. The molecule has 5 atom stereocenters. The first-order chi connectivity index (χ1) is 11.4. The van der Waals surface area contributed by atoms with Gasteiger partial charge in [0.15, 0.2) is 11.3 Å². The van der Waals surface area contributed by atoms with Crippen molar-refractivity contribution >= 4 is 11.0 Å². The molecule has 1 aliphatic heterocycles. The maximum atomic E-state index is 11.3. The molecule has 2 aromatic rings. The largest absolute Gasteiger partial charge is 0.502 e. The van der Waals surface area contributed by atoms with Crippen molar-refractivity contribution in [2.24, 2.45) is 0 Å². The van der Waals surface area contributed by atoms with Gasteiger partial charge in [-0.3, -0.25) is 0 Å². The number of benzene rings is 1. The number of phenolic OH excluding ortho intramolecular Hbond substituents is 1. The molecule has 130 valence electrons. The third-order valence-electron chi connectivity index (χ3n) is 3.82. The van der Waals surface area contributed by atoms with E-state index in [1.807, 2.05) is 0 Å². The van der Waals surface area contributed by atoms with Crippen molar-refractivity contribution in [2.75, 3.05) is 6.61 Å². The molecule has 1 aliphatic rings. The highest BCUT2D eigenvalue weighted by Gasteiger charge is 2.45. The van der Waals surface area contributed by atoms with Crippen molar-refractivity contribution in [3.8, 4) is 11.5 Å². The van der Waals surface area contributed by atoms with Gasteiger partial charge >= 0.3 is 5.63 Å². The van der Waals surface area contributed by atoms with Crippen LogP contribution in [0.25, 0.3) is 11.0 Å². The van der Waals surface area contributed by atoms with E-state index in [0.717, 1.165) is 0 Å². The minimum Gasteiger partial charge on any atom is -0.502 e. The zero-order valence-corrected chi connectivity index (χ0v) is 12.3. The summed E-state index contributed by atoms with van der Waals surface area (Å²) in [6, 6.07) is 5.52. The van der Waals surface area contributed by atoms with Gasteiger partial charge in [-0.15, -0.1) is 0 Å². The zero-order chi connectivity index (χ0) is 17.4. The number of hydrogen-bond donors (Lipinski definition) is 5. The zero-order valence-electron chi connectivity index (χ0n) is 12.3. The summed E-state index contributed by atoms with van der Waals surface area (Å²) in [5.41, 5.74) is -0.771. The van der Waals surface area contributed by atoms with Gasteiger partial charge in [0.25, 0.3) is 0 Å². The van der Waals surface area contributed by atoms with E-state index in [4.69, 9.17) is 19.0 Å². The lowest BCUT2D eigenvalue weighted by atomic mass is 9.99. The standard InChI is InChI=1S/C15H16O9/c16-5-8-10(18)12(20)13(21)15(23-8)22-7-3-1-6-2-4-9(17)24-14(6)11(7)19/h1-4,8,10,12-13,15-16,18-21H,5H2/t8-,10+,12+,13-,15-/m0/s1. The molecule has 0 saturated carbocycles. The summed E-state index contributed by atoms with van der Waals surface area (Å²) in [7, 11) is 0. The van der Waals surface area contributed by atoms with E-state index in [1.54, 1.807) is 0 Å². The molecule has 1 saturated heterocycles. The molecular formula is C15H16O9. The van der Waals surface area contributed by atoms with Crippen LogP contribution < -0.4 is 10.4 Å². The second kappa shape index (κ2) is 6.38. The van der Waals surface area contributed by atoms with Gasteiger partial charge in [-0.2, -0.15) is 0 Å². The molecule has 5 N–H and O–H groups in total. The summed E-state index contributed by atoms with van der Waals surface area (Å²) < 4.78 is 15.4. The van der Waals surface area contributed by atoms with Gasteiger partial charge in [0, 0.05) is 11.5 Å². The Balaban J connectivity index is 1.91. The first kappa shape index (κ1) is 16.7. The first-order valence-corrected chi connectivity index (χ1v) is 7.15. The van der Waals surface area contributed by atoms with E-state index in [1.165, 1.54) is 24.3 Å². The lowest BCUT2D eigenvalue weighted by Crippen LogP contribution is -2.60. The Labute approximate surface area is 134 Å². The van der Waals surface area contributed by atoms with Gasteiger partial charge in [-0.25, -0.2) is 4.79 Å². The van der Waals surface area contributed by atoms with E-state index in [9.17, 15) is 25.2 Å². The minimum absolute atomic E-state index is 0.107. The number of ether oxygens (including phenoxy) is 2. The van der Waals surface area contributed by atoms with Gasteiger partial charge < -0.3 is 39.4 Å². The van der Waals surface area contributed by atoms with E-state index in [0.29, 0.717) is 5.39 Å². The molecule has 9 nitrogen and oxygen atoms in total. The molecule has 3 rings (SSSR count). The van der Waals surface area contributed by atoms with E-state index < -0.39 is 48.7 Å². The fourth-order valence-electron chi connectivity index (χ4n) is 2.48. The Morgan fingerprint density at radius 2 is 1.75 bits per heavy atom. The van der Waals surface area contributed by atoms with Gasteiger partial charge in [0.2, 0.25) is 12.0 Å². The van der Waals surface area contributed by atoms with Crippen LogP contribution in [0.2, 0.25) is 0 Å². The Bertz CT molecular complexity index is 784. The Hall–Kier alpha value is -2.17. The lowest BCUT2D eigenvalue weighted by molar-refractivity contribution is -0.277. The van der Waals surface area contributed by atoms with Crippen LogP contribution >= 0.6 is 0 Å². The molecule has 0 spiro atoms. The highest BCUT2D eigenvalue weighted by atomic mass is 16.7.